The molecular weight excluding hydrogens is 394 g/mol. The summed E-state index contributed by atoms with van der Waals surface area (Å²) in [6.45, 7) is 9.17. The second kappa shape index (κ2) is 9.21. The van der Waals surface area contributed by atoms with Gasteiger partial charge in [0.05, 0.1) is 5.02 Å². The number of piperidine rings is 1. The van der Waals surface area contributed by atoms with Crippen molar-refractivity contribution in [3.63, 3.8) is 0 Å². The number of anilines is 1. The molecule has 1 heterocycles. The number of hydrogen-bond donors (Lipinski definition) is 2. The highest BCUT2D eigenvalue weighted by atomic mass is 79.9. The Morgan fingerprint density at radius 3 is 2.70 bits per heavy atom. The van der Waals surface area contributed by atoms with E-state index in [1.807, 2.05) is 18.2 Å². The standard InChI is InChI=1S/C17H25BrClN3S/c1-12-8-13(2)11-22(10-12)7-3-6-20-17(23)21-14-4-5-15(18)16(19)9-14/h4-5,9,12-13H,3,6-8,10-11H2,1-2H3,(H2,20,21,23). The lowest BCUT2D eigenvalue weighted by molar-refractivity contribution is 0.140. The fraction of sp³-hybridized carbons (Fsp3) is 0.588. The van der Waals surface area contributed by atoms with E-state index in [0.29, 0.717) is 10.1 Å². The van der Waals surface area contributed by atoms with Gasteiger partial charge < -0.3 is 15.5 Å². The van der Waals surface area contributed by atoms with Gasteiger partial charge in [-0.2, -0.15) is 0 Å². The van der Waals surface area contributed by atoms with Gasteiger partial charge in [-0.05, 0) is 77.6 Å². The van der Waals surface area contributed by atoms with Crippen LogP contribution < -0.4 is 10.6 Å². The lowest BCUT2D eigenvalue weighted by atomic mass is 9.92. The number of thiocarbonyl (C=S) groups is 1. The molecule has 2 atom stereocenters. The van der Waals surface area contributed by atoms with E-state index in [-0.39, 0.29) is 0 Å². The van der Waals surface area contributed by atoms with Crippen molar-refractivity contribution in [3.8, 4) is 0 Å². The smallest absolute Gasteiger partial charge is 0.170 e. The van der Waals surface area contributed by atoms with Crippen LogP contribution >= 0.6 is 39.7 Å². The Kier molecular flexibility index (Phi) is 7.60. The first-order valence-electron chi connectivity index (χ1n) is 8.16. The van der Waals surface area contributed by atoms with Crippen LogP contribution in [0.5, 0.6) is 0 Å². The van der Waals surface area contributed by atoms with E-state index < -0.39 is 0 Å². The molecule has 23 heavy (non-hydrogen) atoms. The molecule has 0 aliphatic carbocycles. The first-order chi connectivity index (χ1) is 10.9. The third kappa shape index (κ3) is 6.57. The molecule has 1 aliphatic rings. The third-order valence-electron chi connectivity index (χ3n) is 4.06. The maximum atomic E-state index is 6.08. The van der Waals surface area contributed by atoms with E-state index in [0.717, 1.165) is 41.5 Å². The van der Waals surface area contributed by atoms with Crippen molar-refractivity contribution < 1.29 is 0 Å². The SMILES string of the molecule is CC1CC(C)CN(CCCNC(=S)Nc2ccc(Br)c(Cl)c2)C1. The van der Waals surface area contributed by atoms with Crippen LogP contribution in [-0.2, 0) is 0 Å². The van der Waals surface area contributed by atoms with Gasteiger partial charge in [0.2, 0.25) is 0 Å². The number of hydrogen-bond acceptors (Lipinski definition) is 2. The molecule has 0 bridgehead atoms. The van der Waals surface area contributed by atoms with E-state index in [2.05, 4.69) is 45.3 Å². The molecule has 0 radical (unpaired) electrons. The molecule has 0 saturated carbocycles. The van der Waals surface area contributed by atoms with Crippen molar-refractivity contribution in [1.82, 2.24) is 10.2 Å². The zero-order valence-corrected chi connectivity index (χ0v) is 16.9. The topological polar surface area (TPSA) is 27.3 Å². The number of likely N-dealkylation sites (tertiary alicyclic amines) is 1. The summed E-state index contributed by atoms with van der Waals surface area (Å²) in [7, 11) is 0. The van der Waals surface area contributed by atoms with Crippen LogP contribution in [0.1, 0.15) is 26.7 Å². The van der Waals surface area contributed by atoms with Gasteiger partial charge in [0, 0.05) is 29.8 Å². The molecule has 2 N–H and O–H groups in total. The van der Waals surface area contributed by atoms with Crippen LogP contribution in [0.3, 0.4) is 0 Å². The summed E-state index contributed by atoms with van der Waals surface area (Å²) in [5.41, 5.74) is 0.898. The Hall–Kier alpha value is -0.360. The van der Waals surface area contributed by atoms with Crippen molar-refractivity contribution >= 4 is 50.5 Å². The van der Waals surface area contributed by atoms with E-state index in [9.17, 15) is 0 Å². The van der Waals surface area contributed by atoms with Crippen LogP contribution in [0, 0.1) is 11.8 Å². The average molecular weight is 419 g/mol. The molecule has 1 aliphatic heterocycles. The number of benzene rings is 1. The number of halogens is 2. The van der Waals surface area contributed by atoms with Gasteiger partial charge in [-0.15, -0.1) is 0 Å². The first-order valence-corrected chi connectivity index (χ1v) is 9.74. The van der Waals surface area contributed by atoms with Crippen LogP contribution in [-0.4, -0.2) is 36.2 Å². The van der Waals surface area contributed by atoms with Crippen molar-refractivity contribution in [2.45, 2.75) is 26.7 Å². The second-order valence-electron chi connectivity index (χ2n) is 6.57. The van der Waals surface area contributed by atoms with Crippen molar-refractivity contribution in [1.29, 1.82) is 0 Å². The Balaban J connectivity index is 1.65. The zero-order chi connectivity index (χ0) is 16.8. The van der Waals surface area contributed by atoms with E-state index >= 15 is 0 Å². The molecule has 2 rings (SSSR count). The molecule has 2 unspecified atom stereocenters. The summed E-state index contributed by atoms with van der Waals surface area (Å²) in [6.07, 6.45) is 2.46. The highest BCUT2D eigenvalue weighted by Gasteiger charge is 2.20. The Labute approximate surface area is 158 Å². The van der Waals surface area contributed by atoms with Crippen molar-refractivity contribution in [3.05, 3.63) is 27.7 Å². The maximum Gasteiger partial charge on any atom is 0.170 e. The Bertz CT molecular complexity index is 531. The molecule has 0 aromatic heterocycles. The highest BCUT2D eigenvalue weighted by Crippen LogP contribution is 2.25. The summed E-state index contributed by atoms with van der Waals surface area (Å²) in [6, 6.07) is 5.71. The summed E-state index contributed by atoms with van der Waals surface area (Å²) in [5.74, 6) is 1.63. The largest absolute Gasteiger partial charge is 0.362 e. The van der Waals surface area contributed by atoms with Gasteiger partial charge in [0.15, 0.2) is 5.11 Å². The van der Waals surface area contributed by atoms with E-state index in [4.69, 9.17) is 23.8 Å². The molecular formula is C17H25BrClN3S. The predicted molar refractivity (Wildman–Crippen MR) is 107 cm³/mol. The van der Waals surface area contributed by atoms with Crippen LogP contribution in [0.15, 0.2) is 22.7 Å². The fourth-order valence-corrected chi connectivity index (χ4v) is 3.88. The number of rotatable bonds is 5. The zero-order valence-electron chi connectivity index (χ0n) is 13.7. The van der Waals surface area contributed by atoms with E-state index in [1.165, 1.54) is 19.5 Å². The molecule has 0 spiro atoms. The molecule has 1 aromatic carbocycles. The lowest BCUT2D eigenvalue weighted by Gasteiger charge is -2.35. The molecule has 1 aromatic rings. The minimum absolute atomic E-state index is 0.642. The van der Waals surface area contributed by atoms with Gasteiger partial charge >= 0.3 is 0 Å². The molecule has 0 amide bonds. The van der Waals surface area contributed by atoms with Crippen molar-refractivity contribution in [2.24, 2.45) is 11.8 Å². The summed E-state index contributed by atoms with van der Waals surface area (Å²) >= 11 is 14.8. The minimum Gasteiger partial charge on any atom is -0.362 e. The summed E-state index contributed by atoms with van der Waals surface area (Å²) in [5, 5.41) is 7.74. The van der Waals surface area contributed by atoms with Gasteiger partial charge in [0.25, 0.3) is 0 Å². The van der Waals surface area contributed by atoms with Crippen LogP contribution in [0.2, 0.25) is 5.02 Å². The van der Waals surface area contributed by atoms with Crippen LogP contribution in [0.25, 0.3) is 0 Å². The monoisotopic (exact) mass is 417 g/mol. The average Bonchev–Trinajstić information content (AvgIpc) is 2.46. The van der Waals surface area contributed by atoms with Gasteiger partial charge in [0.1, 0.15) is 0 Å². The van der Waals surface area contributed by atoms with Gasteiger partial charge in [-0.25, -0.2) is 0 Å². The van der Waals surface area contributed by atoms with E-state index in [1.54, 1.807) is 0 Å². The molecule has 1 fully saturated rings. The highest BCUT2D eigenvalue weighted by molar-refractivity contribution is 9.10. The quantitative estimate of drug-likeness (QED) is 0.532. The maximum absolute atomic E-state index is 6.08. The molecule has 6 heteroatoms. The van der Waals surface area contributed by atoms with Crippen LogP contribution in [0.4, 0.5) is 5.69 Å². The molecule has 1 saturated heterocycles. The second-order valence-corrected chi connectivity index (χ2v) is 8.24. The predicted octanol–water partition coefficient (Wildman–Crippen LogP) is 4.76. The number of nitrogens with one attached hydrogen (secondary N) is 2. The normalized spacial score (nSPS) is 21.9. The van der Waals surface area contributed by atoms with Gasteiger partial charge in [-0.3, -0.25) is 0 Å². The summed E-state index contributed by atoms with van der Waals surface area (Å²) in [4.78, 5) is 2.57. The minimum atomic E-state index is 0.642. The van der Waals surface area contributed by atoms with Crippen molar-refractivity contribution in [2.75, 3.05) is 31.5 Å². The molecule has 3 nitrogen and oxygen atoms in total. The fourth-order valence-electron chi connectivity index (χ4n) is 3.23. The van der Waals surface area contributed by atoms with Gasteiger partial charge in [-0.1, -0.05) is 25.4 Å². The molecule has 128 valence electrons. The Morgan fingerprint density at radius 2 is 2.04 bits per heavy atom. The lowest BCUT2D eigenvalue weighted by Crippen LogP contribution is -2.40. The third-order valence-corrected chi connectivity index (χ3v) is 5.54. The first kappa shape index (κ1) is 19.0. The number of nitrogens with zero attached hydrogens (tertiary/aromatic N) is 1. The Morgan fingerprint density at radius 1 is 1.35 bits per heavy atom. The summed E-state index contributed by atoms with van der Waals surface area (Å²) < 4.78 is 0.883.